The lowest BCUT2D eigenvalue weighted by atomic mass is 9.63. The van der Waals surface area contributed by atoms with Crippen LogP contribution in [0.15, 0.2) is 35.4 Å². The molecule has 2 nitrogen and oxygen atoms in total. The molecule has 4 rings (SSSR count). The minimum Gasteiger partial charge on any atom is -0.497 e. The van der Waals surface area contributed by atoms with Crippen molar-refractivity contribution >= 4 is 5.57 Å². The van der Waals surface area contributed by atoms with Gasteiger partial charge in [0.2, 0.25) is 0 Å². The van der Waals surface area contributed by atoms with Crippen LogP contribution in [0.4, 0.5) is 0 Å². The van der Waals surface area contributed by atoms with E-state index >= 15 is 0 Å². The van der Waals surface area contributed by atoms with E-state index in [4.69, 9.17) is 4.74 Å². The summed E-state index contributed by atoms with van der Waals surface area (Å²) in [7, 11) is 1.73. The monoisotopic (exact) mass is 296 g/mol. The van der Waals surface area contributed by atoms with E-state index in [1.54, 1.807) is 7.11 Å². The zero-order valence-corrected chi connectivity index (χ0v) is 13.5. The van der Waals surface area contributed by atoms with Gasteiger partial charge in [-0.15, -0.1) is 0 Å². The van der Waals surface area contributed by atoms with E-state index in [0.717, 1.165) is 44.3 Å². The van der Waals surface area contributed by atoms with Crippen LogP contribution in [-0.4, -0.2) is 18.3 Å². The molecule has 0 heterocycles. The van der Waals surface area contributed by atoms with Gasteiger partial charge >= 0.3 is 0 Å². The first-order valence-electron chi connectivity index (χ1n) is 8.48. The number of aliphatic hydroxyl groups is 1. The quantitative estimate of drug-likeness (QED) is 0.883. The second-order valence-corrected chi connectivity index (χ2v) is 6.86. The van der Waals surface area contributed by atoms with Crippen LogP contribution < -0.4 is 4.74 Å². The van der Waals surface area contributed by atoms with E-state index in [1.165, 1.54) is 27.8 Å². The van der Waals surface area contributed by atoms with E-state index in [0.29, 0.717) is 0 Å². The number of aliphatic hydroxyl groups excluding tert-OH is 1. The summed E-state index contributed by atoms with van der Waals surface area (Å²) in [5.41, 5.74) is 7.37. The zero-order valence-electron chi connectivity index (χ0n) is 13.5. The highest BCUT2D eigenvalue weighted by molar-refractivity contribution is 5.79. The summed E-state index contributed by atoms with van der Waals surface area (Å²) in [6.45, 7) is 2.23. The topological polar surface area (TPSA) is 29.5 Å². The number of rotatable bonds is 2. The molecule has 3 aliphatic rings. The van der Waals surface area contributed by atoms with Crippen LogP contribution in [0.1, 0.15) is 50.2 Å². The molecule has 0 saturated heterocycles. The lowest BCUT2D eigenvalue weighted by molar-refractivity contribution is 0.0570. The van der Waals surface area contributed by atoms with Crippen molar-refractivity contribution in [1.29, 1.82) is 0 Å². The number of benzene rings is 1. The highest BCUT2D eigenvalue weighted by atomic mass is 16.5. The van der Waals surface area contributed by atoms with E-state index < -0.39 is 0 Å². The second-order valence-electron chi connectivity index (χ2n) is 6.86. The molecule has 0 aromatic heterocycles. The Morgan fingerprint density at radius 1 is 1.23 bits per heavy atom. The van der Waals surface area contributed by atoms with Gasteiger partial charge in [-0.3, -0.25) is 0 Å². The molecular formula is C20H24O2. The minimum atomic E-state index is -0.182. The molecule has 22 heavy (non-hydrogen) atoms. The molecule has 116 valence electrons. The Kier molecular flexibility index (Phi) is 3.19. The summed E-state index contributed by atoms with van der Waals surface area (Å²) >= 11 is 0. The number of aryl methyl sites for hydroxylation is 1. The largest absolute Gasteiger partial charge is 0.497 e. The van der Waals surface area contributed by atoms with Gasteiger partial charge < -0.3 is 9.84 Å². The van der Waals surface area contributed by atoms with Crippen LogP contribution in [0.3, 0.4) is 0 Å². The third-order valence-corrected chi connectivity index (χ3v) is 6.14. The van der Waals surface area contributed by atoms with Gasteiger partial charge in [0.1, 0.15) is 5.75 Å². The Labute approximate surface area is 132 Å². The first-order chi connectivity index (χ1) is 10.7. The van der Waals surface area contributed by atoms with Crippen LogP contribution in [-0.2, 0) is 6.42 Å². The molecule has 1 aromatic rings. The van der Waals surface area contributed by atoms with Crippen molar-refractivity contribution < 1.29 is 9.84 Å². The van der Waals surface area contributed by atoms with Crippen LogP contribution in [0.25, 0.3) is 5.57 Å². The molecule has 0 fully saturated rings. The summed E-state index contributed by atoms with van der Waals surface area (Å²) in [5, 5.41) is 10.5. The normalized spacial score (nSPS) is 29.6. The van der Waals surface area contributed by atoms with Gasteiger partial charge in [-0.2, -0.15) is 0 Å². The number of fused-ring (bicyclic) bond motifs is 4. The number of ether oxygens (including phenoxy) is 1. The summed E-state index contributed by atoms with van der Waals surface area (Å²) in [6, 6.07) is 6.50. The van der Waals surface area contributed by atoms with Crippen molar-refractivity contribution in [2.24, 2.45) is 5.41 Å². The van der Waals surface area contributed by atoms with E-state index in [1.807, 2.05) is 0 Å². The number of allylic oxidation sites excluding steroid dienone is 2. The maximum absolute atomic E-state index is 10.5. The molecule has 0 radical (unpaired) electrons. The molecule has 0 spiro atoms. The molecule has 2 heteroatoms. The third-order valence-electron chi connectivity index (χ3n) is 6.14. The fourth-order valence-corrected chi connectivity index (χ4v) is 4.87. The molecule has 0 saturated carbocycles. The van der Waals surface area contributed by atoms with Gasteiger partial charge in [0.05, 0.1) is 13.2 Å². The molecule has 2 atom stereocenters. The number of methoxy groups -OCH3 is 1. The predicted molar refractivity (Wildman–Crippen MR) is 88.9 cm³/mol. The average molecular weight is 296 g/mol. The Morgan fingerprint density at radius 3 is 2.86 bits per heavy atom. The third kappa shape index (κ3) is 1.77. The molecule has 3 aliphatic carbocycles. The lowest BCUT2D eigenvalue weighted by Crippen LogP contribution is -2.36. The smallest absolute Gasteiger partial charge is 0.119 e. The van der Waals surface area contributed by atoms with Crippen molar-refractivity contribution in [2.75, 3.05) is 7.11 Å². The number of hydrogen-bond acceptors (Lipinski definition) is 2. The van der Waals surface area contributed by atoms with Crippen LogP contribution >= 0.6 is 0 Å². The predicted octanol–water partition coefficient (Wildman–Crippen LogP) is 4.28. The molecule has 0 amide bonds. The first kappa shape index (κ1) is 14.1. The van der Waals surface area contributed by atoms with Crippen LogP contribution in [0, 0.1) is 5.41 Å². The van der Waals surface area contributed by atoms with Crippen molar-refractivity contribution in [3.05, 3.63) is 46.5 Å². The first-order valence-corrected chi connectivity index (χ1v) is 8.48. The molecule has 0 unspecified atom stereocenters. The van der Waals surface area contributed by atoms with E-state index in [2.05, 4.69) is 31.2 Å². The van der Waals surface area contributed by atoms with E-state index in [9.17, 15) is 5.11 Å². The highest BCUT2D eigenvalue weighted by Crippen LogP contribution is 2.57. The molecule has 1 N–H and O–H groups in total. The second kappa shape index (κ2) is 4.99. The summed E-state index contributed by atoms with van der Waals surface area (Å²) in [5.74, 6) is 0.956. The van der Waals surface area contributed by atoms with Gasteiger partial charge in [-0.05, 0) is 78.5 Å². The lowest BCUT2D eigenvalue weighted by Gasteiger charge is -2.42. The molecule has 1 aromatic carbocycles. The van der Waals surface area contributed by atoms with Gasteiger partial charge in [-0.25, -0.2) is 0 Å². The SMILES string of the molecule is CC[C@]12CCC3=C(CCc4cc(OC)ccc43)C1=CC[C@@H]2O. The van der Waals surface area contributed by atoms with Crippen LogP contribution in [0.5, 0.6) is 5.75 Å². The van der Waals surface area contributed by atoms with Crippen molar-refractivity contribution in [2.45, 2.75) is 51.6 Å². The fraction of sp³-hybridized carbons (Fsp3) is 0.500. The summed E-state index contributed by atoms with van der Waals surface area (Å²) in [6.07, 6.45) is 8.38. The van der Waals surface area contributed by atoms with Crippen molar-refractivity contribution in [1.82, 2.24) is 0 Å². The molecule has 0 aliphatic heterocycles. The van der Waals surface area contributed by atoms with Gasteiger partial charge in [0, 0.05) is 5.41 Å². The highest BCUT2D eigenvalue weighted by Gasteiger charge is 2.47. The summed E-state index contributed by atoms with van der Waals surface area (Å²) < 4.78 is 5.37. The van der Waals surface area contributed by atoms with E-state index in [-0.39, 0.29) is 11.5 Å². The Hall–Kier alpha value is -1.54. The Morgan fingerprint density at radius 2 is 2.09 bits per heavy atom. The summed E-state index contributed by atoms with van der Waals surface area (Å²) in [4.78, 5) is 0. The Balaban J connectivity index is 1.82. The number of hydrogen-bond donors (Lipinski definition) is 1. The zero-order chi connectivity index (χ0) is 15.3. The molecule has 0 bridgehead atoms. The van der Waals surface area contributed by atoms with Crippen molar-refractivity contribution in [3.63, 3.8) is 0 Å². The maximum atomic E-state index is 10.5. The van der Waals surface area contributed by atoms with Crippen LogP contribution in [0.2, 0.25) is 0 Å². The van der Waals surface area contributed by atoms with Gasteiger partial charge in [-0.1, -0.05) is 19.1 Å². The fourth-order valence-electron chi connectivity index (χ4n) is 4.87. The van der Waals surface area contributed by atoms with Crippen molar-refractivity contribution in [3.8, 4) is 5.75 Å². The average Bonchev–Trinajstić information content (AvgIpc) is 2.91. The standard InChI is InChI=1S/C20H24O2/c1-3-20-11-10-16-15-7-5-14(22-2)12-13(15)4-6-17(16)18(20)8-9-19(20)21/h5,7-8,12,19,21H,3-4,6,9-11H2,1-2H3/t19-,20-/m0/s1. The Bertz CT molecular complexity index is 683. The van der Waals surface area contributed by atoms with Gasteiger partial charge in [0.25, 0.3) is 0 Å². The minimum absolute atomic E-state index is 0.0306. The maximum Gasteiger partial charge on any atom is 0.119 e. The molecular weight excluding hydrogens is 272 g/mol. The van der Waals surface area contributed by atoms with Gasteiger partial charge in [0.15, 0.2) is 0 Å².